The van der Waals surface area contributed by atoms with Gasteiger partial charge in [-0.05, 0) is 15.9 Å². The summed E-state index contributed by atoms with van der Waals surface area (Å²) in [5, 5.41) is 9.61. The van der Waals surface area contributed by atoms with Crippen LogP contribution in [0.2, 0.25) is 5.02 Å². The SMILES string of the molecule is O=[N+]([O-])c1cc(Cl)c(C(F)(F)F)c(Br)c1. The van der Waals surface area contributed by atoms with E-state index in [1.54, 1.807) is 0 Å². The molecule has 0 saturated carbocycles. The van der Waals surface area contributed by atoms with Crippen molar-refractivity contribution in [1.29, 1.82) is 0 Å². The van der Waals surface area contributed by atoms with Crippen molar-refractivity contribution in [3.05, 3.63) is 37.3 Å². The highest BCUT2D eigenvalue weighted by Gasteiger charge is 2.36. The Morgan fingerprint density at radius 2 is 1.93 bits per heavy atom. The number of hydrogen-bond acceptors (Lipinski definition) is 2. The zero-order chi connectivity index (χ0) is 11.8. The number of nitro benzene ring substituents is 1. The van der Waals surface area contributed by atoms with Gasteiger partial charge in [-0.2, -0.15) is 13.2 Å². The lowest BCUT2D eigenvalue weighted by molar-refractivity contribution is -0.385. The molecule has 0 saturated heterocycles. The van der Waals surface area contributed by atoms with Crippen LogP contribution in [0.1, 0.15) is 5.56 Å². The fourth-order valence-electron chi connectivity index (χ4n) is 0.936. The number of nitro groups is 1. The third-order valence-corrected chi connectivity index (χ3v) is 2.44. The number of hydrogen-bond donors (Lipinski definition) is 0. The van der Waals surface area contributed by atoms with Crippen LogP contribution in [-0.2, 0) is 6.18 Å². The average Bonchev–Trinajstić information content (AvgIpc) is 1.99. The Balaban J connectivity index is 3.41. The monoisotopic (exact) mass is 303 g/mol. The van der Waals surface area contributed by atoms with Gasteiger partial charge in [-0.25, -0.2) is 0 Å². The van der Waals surface area contributed by atoms with Crippen molar-refractivity contribution in [3.8, 4) is 0 Å². The van der Waals surface area contributed by atoms with Gasteiger partial charge in [0.2, 0.25) is 0 Å². The second-order valence-corrected chi connectivity index (χ2v) is 3.80. The minimum absolute atomic E-state index is 0.450. The first-order valence-electron chi connectivity index (χ1n) is 3.44. The number of benzene rings is 1. The molecule has 0 bridgehead atoms. The lowest BCUT2D eigenvalue weighted by Gasteiger charge is -2.10. The summed E-state index contributed by atoms with van der Waals surface area (Å²) >= 11 is 7.90. The Hall–Kier alpha value is -0.820. The topological polar surface area (TPSA) is 43.1 Å². The summed E-state index contributed by atoms with van der Waals surface area (Å²) in [6.07, 6.45) is -4.65. The van der Waals surface area contributed by atoms with E-state index in [0.717, 1.165) is 6.07 Å². The van der Waals surface area contributed by atoms with Crippen LogP contribution < -0.4 is 0 Å². The van der Waals surface area contributed by atoms with Crippen LogP contribution in [0.15, 0.2) is 16.6 Å². The quantitative estimate of drug-likeness (QED) is 0.581. The fourth-order valence-corrected chi connectivity index (χ4v) is 2.04. The molecular weight excluding hydrogens is 302 g/mol. The standard InChI is InChI=1S/C7H2BrClF3NO2/c8-4-1-3(13(14)15)2-5(9)6(4)7(10,11)12/h1-2H. The molecule has 1 rings (SSSR count). The number of non-ortho nitro benzene ring substituents is 1. The molecule has 0 N–H and O–H groups in total. The Morgan fingerprint density at radius 3 is 2.27 bits per heavy atom. The highest BCUT2D eigenvalue weighted by Crippen LogP contribution is 2.41. The molecule has 0 unspecified atom stereocenters. The predicted molar refractivity (Wildman–Crippen MR) is 50.8 cm³/mol. The molecule has 3 nitrogen and oxygen atoms in total. The summed E-state index contributed by atoms with van der Waals surface area (Å²) < 4.78 is 36.6. The first kappa shape index (κ1) is 12.3. The van der Waals surface area contributed by atoms with Crippen molar-refractivity contribution < 1.29 is 18.1 Å². The van der Waals surface area contributed by atoms with Crippen LogP contribution in [0.5, 0.6) is 0 Å². The molecule has 15 heavy (non-hydrogen) atoms. The molecule has 0 spiro atoms. The zero-order valence-corrected chi connectivity index (χ0v) is 9.15. The first-order chi connectivity index (χ1) is 6.73. The van der Waals surface area contributed by atoms with Crippen molar-refractivity contribution in [2.24, 2.45) is 0 Å². The van der Waals surface area contributed by atoms with Gasteiger partial charge >= 0.3 is 6.18 Å². The molecule has 1 aromatic rings. The summed E-state index contributed by atoms with van der Waals surface area (Å²) in [5.41, 5.74) is -1.62. The van der Waals surface area contributed by atoms with Crippen molar-refractivity contribution in [2.75, 3.05) is 0 Å². The molecule has 1 aromatic carbocycles. The molecule has 8 heteroatoms. The molecule has 0 fully saturated rings. The van der Waals surface area contributed by atoms with Gasteiger partial charge in [0, 0.05) is 16.6 Å². The van der Waals surface area contributed by atoms with Gasteiger partial charge in [0.25, 0.3) is 5.69 Å². The van der Waals surface area contributed by atoms with Crippen LogP contribution in [-0.4, -0.2) is 4.92 Å². The largest absolute Gasteiger partial charge is 0.418 e. The van der Waals surface area contributed by atoms with Crippen molar-refractivity contribution in [1.82, 2.24) is 0 Å². The Bertz CT molecular complexity index is 398. The number of alkyl halides is 3. The average molecular weight is 304 g/mol. The summed E-state index contributed by atoms with van der Waals surface area (Å²) in [5.74, 6) is 0. The summed E-state index contributed by atoms with van der Waals surface area (Å²) in [7, 11) is 0. The highest BCUT2D eigenvalue weighted by molar-refractivity contribution is 9.10. The van der Waals surface area contributed by atoms with E-state index in [2.05, 4.69) is 15.9 Å². The van der Waals surface area contributed by atoms with Crippen LogP contribution in [0, 0.1) is 10.1 Å². The maximum atomic E-state index is 12.4. The van der Waals surface area contributed by atoms with E-state index in [1.807, 2.05) is 0 Å². The maximum Gasteiger partial charge on any atom is 0.418 e. The normalized spacial score (nSPS) is 11.5. The molecule has 0 aromatic heterocycles. The second kappa shape index (κ2) is 3.97. The van der Waals surface area contributed by atoms with E-state index in [-0.39, 0.29) is 0 Å². The van der Waals surface area contributed by atoms with E-state index in [4.69, 9.17) is 11.6 Å². The maximum absolute atomic E-state index is 12.4. The molecule has 0 aliphatic rings. The third-order valence-electron chi connectivity index (χ3n) is 1.52. The minimum Gasteiger partial charge on any atom is -0.258 e. The van der Waals surface area contributed by atoms with E-state index in [1.165, 1.54) is 0 Å². The molecule has 82 valence electrons. The Kier molecular flexibility index (Phi) is 3.25. The third kappa shape index (κ3) is 2.60. The summed E-state index contributed by atoms with van der Waals surface area (Å²) in [6, 6.07) is 1.42. The zero-order valence-electron chi connectivity index (χ0n) is 6.81. The van der Waals surface area contributed by atoms with Crippen LogP contribution in [0.25, 0.3) is 0 Å². The van der Waals surface area contributed by atoms with Gasteiger partial charge in [-0.15, -0.1) is 0 Å². The van der Waals surface area contributed by atoms with Crippen LogP contribution in [0.3, 0.4) is 0 Å². The minimum atomic E-state index is -4.65. The van der Waals surface area contributed by atoms with E-state index in [0.29, 0.717) is 6.07 Å². The first-order valence-corrected chi connectivity index (χ1v) is 4.61. The van der Waals surface area contributed by atoms with Gasteiger partial charge in [0.1, 0.15) is 0 Å². The Labute approximate surface area is 95.1 Å². The molecule has 0 aliphatic heterocycles. The van der Waals surface area contributed by atoms with Gasteiger partial charge in [0.05, 0.1) is 15.5 Å². The molecule has 0 radical (unpaired) electrons. The predicted octanol–water partition coefficient (Wildman–Crippen LogP) is 4.03. The van der Waals surface area contributed by atoms with Crippen molar-refractivity contribution >= 4 is 33.2 Å². The number of halogens is 5. The van der Waals surface area contributed by atoms with Gasteiger partial charge in [-0.1, -0.05) is 11.6 Å². The van der Waals surface area contributed by atoms with E-state index < -0.39 is 31.8 Å². The van der Waals surface area contributed by atoms with Gasteiger partial charge in [-0.3, -0.25) is 10.1 Å². The lowest BCUT2D eigenvalue weighted by Crippen LogP contribution is -2.07. The molecule has 0 heterocycles. The van der Waals surface area contributed by atoms with Crippen molar-refractivity contribution in [3.63, 3.8) is 0 Å². The smallest absolute Gasteiger partial charge is 0.258 e. The van der Waals surface area contributed by atoms with Crippen LogP contribution in [0.4, 0.5) is 18.9 Å². The lowest BCUT2D eigenvalue weighted by atomic mass is 10.2. The molecular formula is C7H2BrClF3NO2. The molecule has 0 atom stereocenters. The van der Waals surface area contributed by atoms with Gasteiger partial charge in [0.15, 0.2) is 0 Å². The summed E-state index contributed by atoms with van der Waals surface area (Å²) in [4.78, 5) is 9.49. The van der Waals surface area contributed by atoms with Crippen molar-refractivity contribution in [2.45, 2.75) is 6.18 Å². The van der Waals surface area contributed by atoms with E-state index in [9.17, 15) is 23.3 Å². The van der Waals surface area contributed by atoms with Crippen LogP contribution >= 0.6 is 27.5 Å². The highest BCUT2D eigenvalue weighted by atomic mass is 79.9. The van der Waals surface area contributed by atoms with Gasteiger partial charge < -0.3 is 0 Å². The summed E-state index contributed by atoms with van der Waals surface area (Å²) in [6.45, 7) is 0. The fraction of sp³-hybridized carbons (Fsp3) is 0.143. The number of rotatable bonds is 1. The molecule has 0 aliphatic carbocycles. The molecule has 0 amide bonds. The Morgan fingerprint density at radius 1 is 1.40 bits per heavy atom. The second-order valence-electron chi connectivity index (χ2n) is 2.54. The van der Waals surface area contributed by atoms with E-state index >= 15 is 0 Å². The number of nitrogens with zero attached hydrogens (tertiary/aromatic N) is 1.